The highest BCUT2D eigenvalue weighted by Gasteiger charge is 2.48. The van der Waals surface area contributed by atoms with E-state index in [0.29, 0.717) is 65.9 Å². The number of allylic oxidation sites excluding steroid dienone is 1. The number of hydrogen-bond donors (Lipinski definition) is 1. The number of hydrogen-bond acceptors (Lipinski definition) is 8. The van der Waals surface area contributed by atoms with Gasteiger partial charge in [0.2, 0.25) is 0 Å². The Bertz CT molecular complexity index is 1840. The third kappa shape index (κ3) is 5.92. The fourth-order valence-corrected chi connectivity index (χ4v) is 8.13. The van der Waals surface area contributed by atoms with Gasteiger partial charge in [-0.1, -0.05) is 52.6 Å². The number of aromatic carboxylic acids is 1. The maximum absolute atomic E-state index is 11.8. The third-order valence-corrected chi connectivity index (χ3v) is 11.2. The maximum Gasteiger partial charge on any atom is 0.354 e. The molecule has 1 saturated heterocycles. The number of morpholine rings is 1. The summed E-state index contributed by atoms with van der Waals surface area (Å²) in [6.07, 6.45) is 16.2. The minimum Gasteiger partial charge on any atom is -0.477 e. The van der Waals surface area contributed by atoms with Gasteiger partial charge in [-0.15, -0.1) is 0 Å². The number of aromatic nitrogens is 3. The minimum atomic E-state index is -1.02. The minimum absolute atomic E-state index is 0.0604. The van der Waals surface area contributed by atoms with E-state index >= 15 is 0 Å². The van der Waals surface area contributed by atoms with Crippen molar-refractivity contribution in [2.24, 2.45) is 5.41 Å². The van der Waals surface area contributed by atoms with Crippen LogP contribution < -0.4 is 4.90 Å². The van der Waals surface area contributed by atoms with Crippen LogP contribution in [0.4, 0.5) is 5.82 Å². The van der Waals surface area contributed by atoms with Crippen molar-refractivity contribution in [3.05, 3.63) is 75.4 Å². The van der Waals surface area contributed by atoms with Crippen molar-refractivity contribution in [1.29, 1.82) is 0 Å². The molecular weight excluding hydrogens is 639 g/mol. The molecule has 9 nitrogen and oxygen atoms in total. The lowest BCUT2D eigenvalue weighted by Gasteiger charge is -2.52. The molecule has 5 aliphatic rings. The molecule has 4 heterocycles. The lowest BCUT2D eigenvalue weighted by atomic mass is 9.58. The number of anilines is 1. The van der Waals surface area contributed by atoms with Gasteiger partial charge in [-0.25, -0.2) is 9.78 Å². The summed E-state index contributed by atoms with van der Waals surface area (Å²) in [5.74, 6) is 0.957. The second-order valence-corrected chi connectivity index (χ2v) is 14.3. The van der Waals surface area contributed by atoms with E-state index in [-0.39, 0.29) is 16.7 Å². The van der Waals surface area contributed by atoms with Crippen molar-refractivity contribution < 1.29 is 23.9 Å². The predicted octanol–water partition coefficient (Wildman–Crippen LogP) is 8.33. The van der Waals surface area contributed by atoms with Gasteiger partial charge >= 0.3 is 5.97 Å². The molecule has 4 aromatic rings. The SMILES string of the molecule is O=C(O)c1cc2ccc(C=CC34CCC(OCc5c(-c6c(Cl)cncc6Cl)noc5C5CC5)(CC3)CC4)cc2c(N2CCOCC2)n1. The number of ether oxygens (including phenoxy) is 2. The van der Waals surface area contributed by atoms with Crippen LogP contribution in [0.2, 0.25) is 10.0 Å². The molecule has 0 atom stereocenters. The number of carboxylic acids is 1. The fraction of sp³-hybridized carbons (Fsp3) is 0.444. The van der Waals surface area contributed by atoms with Gasteiger partial charge in [0.1, 0.15) is 17.3 Å². The van der Waals surface area contributed by atoms with E-state index in [9.17, 15) is 9.90 Å². The highest BCUT2D eigenvalue weighted by Crippen LogP contribution is 2.55. The summed E-state index contributed by atoms with van der Waals surface area (Å²) in [5, 5.41) is 16.8. The number of carbonyl (C=O) groups is 1. The van der Waals surface area contributed by atoms with Gasteiger partial charge in [-0.3, -0.25) is 4.98 Å². The molecule has 5 fully saturated rings. The number of nitrogens with zero attached hydrogens (tertiary/aromatic N) is 4. The second kappa shape index (κ2) is 12.2. The van der Waals surface area contributed by atoms with Crippen LogP contribution >= 0.6 is 23.2 Å². The zero-order chi connectivity index (χ0) is 32.2. The molecular formula is C36H36Cl2N4O5. The molecule has 9 rings (SSSR count). The number of pyridine rings is 2. The molecule has 0 radical (unpaired) electrons. The van der Waals surface area contributed by atoms with Crippen LogP contribution in [0, 0.1) is 5.41 Å². The largest absolute Gasteiger partial charge is 0.477 e. The van der Waals surface area contributed by atoms with Crippen LogP contribution in [-0.2, 0) is 16.1 Å². The standard InChI is InChI=1S/C36H36Cl2N4O5/c37-27-19-39-20-28(38)30(27)31-26(32(47-41-31)23-3-4-23)21-46-36-10-7-35(8-11-36,9-12-36)6-5-22-1-2-24-18-29(34(43)44)40-33(25(24)17-22)42-13-15-45-16-14-42/h1-2,5-6,17-20,23H,3-4,7-16,21H2,(H,43,44). The van der Waals surface area contributed by atoms with Gasteiger partial charge in [-0.05, 0) is 79.9 Å². The smallest absolute Gasteiger partial charge is 0.354 e. The highest BCUT2D eigenvalue weighted by molar-refractivity contribution is 6.38. The molecule has 0 amide bonds. The zero-order valence-corrected chi connectivity index (χ0v) is 27.5. The quantitative estimate of drug-likeness (QED) is 0.187. The Balaban J connectivity index is 0.991. The predicted molar refractivity (Wildman–Crippen MR) is 180 cm³/mol. The van der Waals surface area contributed by atoms with Crippen molar-refractivity contribution in [3.8, 4) is 11.3 Å². The topological polar surface area (TPSA) is 111 Å². The van der Waals surface area contributed by atoms with Crippen molar-refractivity contribution in [3.63, 3.8) is 0 Å². The number of halogens is 2. The normalized spacial score (nSPS) is 24.4. The molecule has 4 saturated carbocycles. The van der Waals surface area contributed by atoms with E-state index in [1.807, 2.05) is 6.07 Å². The summed E-state index contributed by atoms with van der Waals surface area (Å²) in [7, 11) is 0. The highest BCUT2D eigenvalue weighted by atomic mass is 35.5. The van der Waals surface area contributed by atoms with E-state index < -0.39 is 5.97 Å². The molecule has 244 valence electrons. The lowest BCUT2D eigenvalue weighted by Crippen LogP contribution is -2.46. The molecule has 0 spiro atoms. The fourth-order valence-electron chi connectivity index (χ4n) is 7.58. The summed E-state index contributed by atoms with van der Waals surface area (Å²) >= 11 is 13.0. The van der Waals surface area contributed by atoms with Crippen LogP contribution in [0.1, 0.15) is 84.7 Å². The van der Waals surface area contributed by atoms with Crippen LogP contribution in [0.15, 0.2) is 47.3 Å². The summed E-state index contributed by atoms with van der Waals surface area (Å²) < 4.78 is 18.2. The summed E-state index contributed by atoms with van der Waals surface area (Å²) in [6.45, 7) is 2.99. The molecule has 3 aromatic heterocycles. The van der Waals surface area contributed by atoms with Crippen LogP contribution in [-0.4, -0.2) is 58.1 Å². The van der Waals surface area contributed by atoms with Gasteiger partial charge in [0.25, 0.3) is 0 Å². The Labute approximate surface area is 282 Å². The summed E-state index contributed by atoms with van der Waals surface area (Å²) in [5.41, 5.74) is 3.38. The van der Waals surface area contributed by atoms with Gasteiger partial charge < -0.3 is 24.0 Å². The third-order valence-electron chi connectivity index (χ3n) is 10.6. The Morgan fingerprint density at radius 1 is 1.04 bits per heavy atom. The van der Waals surface area contributed by atoms with Crippen molar-refractivity contribution in [2.75, 3.05) is 31.2 Å². The monoisotopic (exact) mass is 674 g/mol. The molecule has 1 aromatic carbocycles. The Morgan fingerprint density at radius 2 is 1.77 bits per heavy atom. The zero-order valence-electron chi connectivity index (χ0n) is 26.0. The number of carboxylic acid groups (broad SMARTS) is 1. The number of benzene rings is 1. The van der Waals surface area contributed by atoms with E-state index in [1.54, 1.807) is 18.5 Å². The van der Waals surface area contributed by atoms with Gasteiger partial charge in [0.05, 0.1) is 35.5 Å². The second-order valence-electron chi connectivity index (χ2n) is 13.5. The van der Waals surface area contributed by atoms with Crippen LogP contribution in [0.5, 0.6) is 0 Å². The first-order valence-corrected chi connectivity index (χ1v) is 17.2. The van der Waals surface area contributed by atoms with E-state index in [0.717, 1.165) is 79.0 Å². The first-order chi connectivity index (χ1) is 22.8. The first kappa shape index (κ1) is 30.8. The van der Waals surface area contributed by atoms with Crippen LogP contribution in [0.3, 0.4) is 0 Å². The number of rotatable bonds is 9. The molecule has 0 unspecified atom stereocenters. The van der Waals surface area contributed by atoms with Gasteiger partial charge in [0, 0.05) is 47.9 Å². The molecule has 47 heavy (non-hydrogen) atoms. The van der Waals surface area contributed by atoms with Crippen molar-refractivity contribution >= 4 is 51.8 Å². The Hall–Kier alpha value is -3.50. The van der Waals surface area contributed by atoms with Crippen LogP contribution in [0.25, 0.3) is 28.1 Å². The van der Waals surface area contributed by atoms with Gasteiger partial charge in [-0.2, -0.15) is 0 Å². The number of fused-ring (bicyclic) bond motifs is 4. The molecule has 11 heteroatoms. The van der Waals surface area contributed by atoms with E-state index in [2.05, 4.69) is 44.3 Å². The first-order valence-electron chi connectivity index (χ1n) is 16.4. The lowest BCUT2D eigenvalue weighted by molar-refractivity contribution is -0.133. The molecule has 2 bridgehead atoms. The molecule has 4 aliphatic carbocycles. The average molecular weight is 676 g/mol. The average Bonchev–Trinajstić information content (AvgIpc) is 3.86. The Morgan fingerprint density at radius 3 is 2.45 bits per heavy atom. The summed E-state index contributed by atoms with van der Waals surface area (Å²) in [4.78, 5) is 22.6. The van der Waals surface area contributed by atoms with Crippen molar-refractivity contribution in [1.82, 2.24) is 15.1 Å². The molecule has 1 aliphatic heterocycles. The van der Waals surface area contributed by atoms with Crippen molar-refractivity contribution in [2.45, 2.75) is 69.5 Å². The summed E-state index contributed by atoms with van der Waals surface area (Å²) in [6, 6.07) is 7.87. The van der Waals surface area contributed by atoms with Gasteiger partial charge in [0.15, 0.2) is 5.69 Å². The maximum atomic E-state index is 11.8. The van der Waals surface area contributed by atoms with E-state index in [4.69, 9.17) is 37.2 Å². The van der Waals surface area contributed by atoms with E-state index in [1.165, 1.54) is 0 Å². The molecule has 1 N–H and O–H groups in total. The Kier molecular flexibility index (Phi) is 7.99.